The van der Waals surface area contributed by atoms with Gasteiger partial charge in [0.1, 0.15) is 0 Å². The lowest BCUT2D eigenvalue weighted by Crippen LogP contribution is -2.60. The fourth-order valence-corrected chi connectivity index (χ4v) is 13.6. The van der Waals surface area contributed by atoms with E-state index in [2.05, 4.69) is 247 Å². The Hall–Kier alpha value is -8.12. The second-order valence-electron chi connectivity index (χ2n) is 19.7. The third kappa shape index (κ3) is 5.39. The number of nitrogens with zero attached hydrogens (tertiary/aromatic N) is 3. The maximum Gasteiger partial charge on any atom is 0.333 e. The fraction of sp³-hybridized carbons (Fsp3) is 0.0625. The minimum absolute atomic E-state index is 0.0846. The smallest absolute Gasteiger partial charge is 0.333 e. The van der Waals surface area contributed by atoms with Crippen molar-refractivity contribution in [2.45, 2.75) is 26.2 Å². The Morgan fingerprint density at radius 1 is 0.478 bits per heavy atom. The van der Waals surface area contributed by atoms with Crippen molar-refractivity contribution in [2.24, 2.45) is 0 Å². The van der Waals surface area contributed by atoms with E-state index in [0.29, 0.717) is 0 Å². The summed E-state index contributed by atoms with van der Waals surface area (Å²) in [6.07, 6.45) is 0. The second-order valence-corrected chi connectivity index (χ2v) is 20.8. The molecule has 2 aromatic heterocycles. The topological polar surface area (TPSA) is 11.4 Å². The Morgan fingerprint density at radius 3 is 1.97 bits per heavy atom. The molecule has 0 saturated carbocycles. The molecule has 324 valence electrons. The molecule has 3 nitrogen and oxygen atoms in total. The Labute approximate surface area is 405 Å². The largest absolute Gasteiger partial charge is 0.376 e. The molecule has 5 heteroatoms. The summed E-state index contributed by atoms with van der Waals surface area (Å²) in [5.74, 6) is 0. The van der Waals surface area contributed by atoms with Gasteiger partial charge in [-0.25, -0.2) is 0 Å². The molecular formula is C64H44BN3S. The fourth-order valence-electron chi connectivity index (χ4n) is 12.5. The van der Waals surface area contributed by atoms with Crippen LogP contribution in [-0.2, 0) is 5.41 Å². The summed E-state index contributed by atoms with van der Waals surface area (Å²) in [5, 5.41) is 5.20. The summed E-state index contributed by atoms with van der Waals surface area (Å²) in [7, 11) is 0. The van der Waals surface area contributed by atoms with Crippen molar-refractivity contribution in [1.82, 2.24) is 4.57 Å². The van der Waals surface area contributed by atoms with Crippen LogP contribution in [0.2, 0.25) is 0 Å². The van der Waals surface area contributed by atoms with Crippen molar-refractivity contribution < 1.29 is 0 Å². The first kappa shape index (κ1) is 38.9. The molecule has 3 aliphatic rings. The van der Waals surface area contributed by atoms with Crippen LogP contribution in [0.5, 0.6) is 0 Å². The molecule has 0 atom stereocenters. The number of anilines is 5. The predicted molar refractivity (Wildman–Crippen MR) is 295 cm³/mol. The molecule has 0 radical (unpaired) electrons. The molecule has 0 fully saturated rings. The first-order valence-electron chi connectivity index (χ1n) is 24.1. The van der Waals surface area contributed by atoms with Gasteiger partial charge < -0.3 is 14.3 Å². The van der Waals surface area contributed by atoms with Gasteiger partial charge in [0, 0.05) is 76.0 Å². The first-order chi connectivity index (χ1) is 33.9. The van der Waals surface area contributed by atoms with E-state index in [1.807, 2.05) is 11.3 Å². The van der Waals surface area contributed by atoms with Crippen LogP contribution in [0.4, 0.5) is 28.4 Å². The van der Waals surface area contributed by atoms with Crippen molar-refractivity contribution in [1.29, 1.82) is 0 Å². The van der Waals surface area contributed by atoms with Crippen molar-refractivity contribution in [3.8, 4) is 39.1 Å². The number of fused-ring (bicyclic) bond motifs is 14. The van der Waals surface area contributed by atoms with Crippen LogP contribution in [0.1, 0.15) is 30.5 Å². The highest BCUT2D eigenvalue weighted by Crippen LogP contribution is 2.53. The van der Waals surface area contributed by atoms with Crippen molar-refractivity contribution in [3.63, 3.8) is 0 Å². The summed E-state index contributed by atoms with van der Waals surface area (Å²) >= 11 is 1.91. The van der Waals surface area contributed by atoms with E-state index in [9.17, 15) is 0 Å². The zero-order valence-electron chi connectivity index (χ0n) is 38.5. The Kier molecular flexibility index (Phi) is 8.02. The van der Waals surface area contributed by atoms with Gasteiger partial charge in [0.2, 0.25) is 0 Å². The third-order valence-corrected chi connectivity index (χ3v) is 16.7. The average Bonchev–Trinajstić information content (AvgIpc) is 4.01. The Bertz CT molecular complexity index is 4090. The molecule has 15 rings (SSSR count). The molecule has 0 amide bonds. The van der Waals surface area contributed by atoms with Crippen molar-refractivity contribution in [3.05, 3.63) is 229 Å². The number of aromatic nitrogens is 1. The highest BCUT2D eigenvalue weighted by molar-refractivity contribution is 7.26. The minimum Gasteiger partial charge on any atom is -0.376 e. The molecule has 69 heavy (non-hydrogen) atoms. The van der Waals surface area contributed by atoms with Gasteiger partial charge in [-0.1, -0.05) is 141 Å². The van der Waals surface area contributed by atoms with Gasteiger partial charge in [-0.15, -0.1) is 11.3 Å². The van der Waals surface area contributed by atoms with Gasteiger partial charge in [-0.2, -0.15) is 0 Å². The zero-order valence-corrected chi connectivity index (χ0v) is 39.4. The van der Waals surface area contributed by atoms with Gasteiger partial charge in [0.25, 0.3) is 0 Å². The molecule has 0 unspecified atom stereocenters. The van der Waals surface area contributed by atoms with Crippen LogP contribution in [-0.4, -0.2) is 11.4 Å². The van der Waals surface area contributed by atoms with Crippen LogP contribution < -0.4 is 20.6 Å². The number of para-hydroxylation sites is 3. The van der Waals surface area contributed by atoms with E-state index in [4.69, 9.17) is 0 Å². The van der Waals surface area contributed by atoms with Gasteiger partial charge in [0.15, 0.2) is 0 Å². The monoisotopic (exact) mass is 897 g/mol. The van der Waals surface area contributed by atoms with Gasteiger partial charge in [0.05, 0.1) is 11.0 Å². The van der Waals surface area contributed by atoms with Crippen LogP contribution in [0.3, 0.4) is 0 Å². The molecule has 0 N–H and O–H groups in total. The molecular weight excluding hydrogens is 854 g/mol. The van der Waals surface area contributed by atoms with E-state index in [1.54, 1.807) is 0 Å². The molecule has 2 aliphatic heterocycles. The average molecular weight is 898 g/mol. The quantitative estimate of drug-likeness (QED) is 0.160. The molecule has 0 saturated heterocycles. The van der Waals surface area contributed by atoms with E-state index in [1.165, 1.54) is 120 Å². The molecule has 12 aromatic rings. The van der Waals surface area contributed by atoms with Crippen molar-refractivity contribution in [2.75, 3.05) is 9.71 Å². The van der Waals surface area contributed by atoms with E-state index in [-0.39, 0.29) is 12.3 Å². The van der Waals surface area contributed by atoms with Crippen LogP contribution in [0, 0.1) is 6.92 Å². The van der Waals surface area contributed by atoms with E-state index >= 15 is 0 Å². The molecule has 0 bridgehead atoms. The molecule has 4 heterocycles. The lowest BCUT2D eigenvalue weighted by atomic mass is 9.43. The molecule has 1 aliphatic carbocycles. The Morgan fingerprint density at radius 2 is 1.17 bits per heavy atom. The number of hydrogen-bond donors (Lipinski definition) is 0. The maximum absolute atomic E-state index is 2.66. The molecule has 10 aromatic carbocycles. The Balaban J connectivity index is 1.10. The summed E-state index contributed by atoms with van der Waals surface area (Å²) in [6, 6.07) is 80.0. The minimum atomic E-state index is -0.105. The van der Waals surface area contributed by atoms with Gasteiger partial charge >= 0.3 is 6.85 Å². The van der Waals surface area contributed by atoms with Crippen molar-refractivity contribution >= 4 is 99.5 Å². The predicted octanol–water partition coefficient (Wildman–Crippen LogP) is 16.1. The van der Waals surface area contributed by atoms with Crippen LogP contribution >= 0.6 is 11.3 Å². The van der Waals surface area contributed by atoms with E-state index in [0.717, 1.165) is 17.1 Å². The lowest BCUT2D eigenvalue weighted by molar-refractivity contribution is 0.660. The first-order valence-corrected chi connectivity index (χ1v) is 24.9. The SMILES string of the molecule is Cc1ccc(N2B3c4cc5sc6ccccc6c5cc4-n4c5ccccc5c5c(-c6ccc7c(c6)-c6ccccc6C7(C)C)cc(c3c54)-c3cc(N(c4ccccc4)c4ccccc4)ccc32)cc1. The summed E-state index contributed by atoms with van der Waals surface area (Å²) in [5.41, 5.74) is 23.8. The summed E-state index contributed by atoms with van der Waals surface area (Å²) < 4.78 is 5.27. The number of rotatable bonds is 5. The highest BCUT2D eigenvalue weighted by Gasteiger charge is 2.45. The van der Waals surface area contributed by atoms with Gasteiger partial charge in [-0.05, 0) is 148 Å². The third-order valence-electron chi connectivity index (χ3n) is 15.6. The normalized spacial score (nSPS) is 13.8. The maximum atomic E-state index is 2.66. The lowest BCUT2D eigenvalue weighted by Gasteiger charge is -2.42. The van der Waals surface area contributed by atoms with E-state index < -0.39 is 0 Å². The summed E-state index contributed by atoms with van der Waals surface area (Å²) in [4.78, 5) is 5.06. The zero-order chi connectivity index (χ0) is 45.7. The number of benzene rings is 10. The number of aryl methyl sites for hydroxylation is 1. The number of hydrogen-bond acceptors (Lipinski definition) is 3. The molecule has 0 spiro atoms. The highest BCUT2D eigenvalue weighted by atomic mass is 32.1. The standard InChI is InChI=1S/C64H44BN3S/c1-39-26-29-43(30-27-39)68-57-33-31-44(66(41-16-6-4-7-17-41)42-18-8-5-9-19-42)35-50(57)52-36-48(40-28-32-54-49(34-40)45-20-10-13-23-53(45)64(54,2)3)61-47-22-11-14-24-56(47)67-58-37-51-46-21-12-15-25-59(46)69-60(51)38-55(58)65(68)62(52)63(61)67/h4-38H,1-3H3. The number of thiophene rings is 1. The summed E-state index contributed by atoms with van der Waals surface area (Å²) in [6.45, 7) is 6.84. The second kappa shape index (κ2) is 14.2. The van der Waals surface area contributed by atoms with Crippen LogP contribution in [0.25, 0.3) is 81.0 Å². The van der Waals surface area contributed by atoms with Crippen LogP contribution in [0.15, 0.2) is 212 Å². The van der Waals surface area contributed by atoms with Gasteiger partial charge in [-0.3, -0.25) is 0 Å².